The number of allylic oxidation sites excluding steroid dienone is 1. The van der Waals surface area contributed by atoms with Crippen molar-refractivity contribution < 1.29 is 15.0 Å². The maximum Gasteiger partial charge on any atom is 0.340 e. The maximum atomic E-state index is 10.8. The zero-order valence-electron chi connectivity index (χ0n) is 8.60. The van der Waals surface area contributed by atoms with E-state index in [0.717, 1.165) is 12.0 Å². The molecule has 1 rings (SSSR count). The van der Waals surface area contributed by atoms with Crippen molar-refractivity contribution in [2.24, 2.45) is 0 Å². The van der Waals surface area contributed by atoms with Crippen molar-refractivity contribution in [1.29, 1.82) is 0 Å². The molecule has 2 N–H and O–H groups in total. The third-order valence-electron chi connectivity index (χ3n) is 2.31. The average molecular weight is 206 g/mol. The lowest BCUT2D eigenvalue weighted by atomic mass is 9.95. The van der Waals surface area contributed by atoms with Crippen LogP contribution in [0.15, 0.2) is 36.9 Å². The minimum Gasteiger partial charge on any atom is -0.479 e. The first-order valence-electron chi connectivity index (χ1n) is 4.64. The molecular weight excluding hydrogens is 192 g/mol. The third-order valence-corrected chi connectivity index (χ3v) is 2.31. The molecule has 0 saturated carbocycles. The standard InChI is InChI=1S/C12H14O3/c1-3-4-9-5-7-10(8-6-9)12(2,15)11(13)14/h3,5-8,15H,1,4H2,2H3,(H,13,14). The van der Waals surface area contributed by atoms with Gasteiger partial charge in [-0.15, -0.1) is 6.58 Å². The highest BCUT2D eigenvalue weighted by atomic mass is 16.4. The fraction of sp³-hybridized carbons (Fsp3) is 0.250. The predicted molar refractivity (Wildman–Crippen MR) is 57.5 cm³/mol. The summed E-state index contributed by atoms with van der Waals surface area (Å²) < 4.78 is 0. The molecule has 0 spiro atoms. The average Bonchev–Trinajstić information content (AvgIpc) is 2.19. The molecular formula is C12H14O3. The lowest BCUT2D eigenvalue weighted by molar-refractivity contribution is -0.157. The molecule has 0 amide bonds. The number of carboxylic acids is 1. The molecule has 0 aliphatic heterocycles. The lowest BCUT2D eigenvalue weighted by Gasteiger charge is -2.18. The van der Waals surface area contributed by atoms with Crippen LogP contribution in [0, 0.1) is 0 Å². The Labute approximate surface area is 88.7 Å². The molecule has 0 aromatic heterocycles. The third kappa shape index (κ3) is 2.44. The second-order valence-corrected chi connectivity index (χ2v) is 3.57. The van der Waals surface area contributed by atoms with Crippen LogP contribution in [0.25, 0.3) is 0 Å². The summed E-state index contributed by atoms with van der Waals surface area (Å²) in [6.45, 7) is 4.87. The van der Waals surface area contributed by atoms with Gasteiger partial charge in [0.2, 0.25) is 0 Å². The molecule has 0 heterocycles. The van der Waals surface area contributed by atoms with Crippen LogP contribution in [0.3, 0.4) is 0 Å². The van der Waals surface area contributed by atoms with Crippen LogP contribution in [-0.2, 0) is 16.8 Å². The van der Waals surface area contributed by atoms with E-state index in [1.54, 1.807) is 30.3 Å². The van der Waals surface area contributed by atoms with Gasteiger partial charge in [0.1, 0.15) is 0 Å². The van der Waals surface area contributed by atoms with Crippen LogP contribution < -0.4 is 0 Å². The number of rotatable bonds is 4. The van der Waals surface area contributed by atoms with Gasteiger partial charge in [-0.1, -0.05) is 30.3 Å². The molecule has 1 aromatic carbocycles. The molecule has 0 saturated heterocycles. The number of carboxylic acid groups (broad SMARTS) is 1. The Hall–Kier alpha value is -1.61. The van der Waals surface area contributed by atoms with E-state index < -0.39 is 11.6 Å². The Morgan fingerprint density at radius 3 is 2.40 bits per heavy atom. The van der Waals surface area contributed by atoms with Gasteiger partial charge >= 0.3 is 5.97 Å². The zero-order chi connectivity index (χ0) is 11.5. The second-order valence-electron chi connectivity index (χ2n) is 3.57. The highest BCUT2D eigenvalue weighted by molar-refractivity contribution is 5.78. The fourth-order valence-corrected chi connectivity index (χ4v) is 1.26. The maximum absolute atomic E-state index is 10.8. The molecule has 0 radical (unpaired) electrons. The summed E-state index contributed by atoms with van der Waals surface area (Å²) in [5.41, 5.74) is -0.412. The van der Waals surface area contributed by atoms with Gasteiger partial charge in [0.25, 0.3) is 0 Å². The summed E-state index contributed by atoms with van der Waals surface area (Å²) in [6.07, 6.45) is 2.50. The van der Waals surface area contributed by atoms with Crippen LogP contribution in [-0.4, -0.2) is 16.2 Å². The number of aliphatic hydroxyl groups is 1. The first kappa shape index (κ1) is 11.5. The second kappa shape index (κ2) is 4.28. The number of hydrogen-bond acceptors (Lipinski definition) is 2. The number of aliphatic carboxylic acids is 1. The molecule has 0 bridgehead atoms. The summed E-state index contributed by atoms with van der Waals surface area (Å²) in [6, 6.07) is 6.81. The smallest absolute Gasteiger partial charge is 0.340 e. The largest absolute Gasteiger partial charge is 0.479 e. The Morgan fingerprint density at radius 2 is 2.00 bits per heavy atom. The van der Waals surface area contributed by atoms with Crippen molar-refractivity contribution in [3.8, 4) is 0 Å². The van der Waals surface area contributed by atoms with Gasteiger partial charge < -0.3 is 10.2 Å². The predicted octanol–water partition coefficient (Wildman–Crippen LogP) is 1.71. The Kier molecular flexibility index (Phi) is 3.27. The summed E-state index contributed by atoms with van der Waals surface area (Å²) in [4.78, 5) is 10.8. The lowest BCUT2D eigenvalue weighted by Crippen LogP contribution is -2.31. The van der Waals surface area contributed by atoms with E-state index >= 15 is 0 Å². The highest BCUT2D eigenvalue weighted by Crippen LogP contribution is 2.21. The van der Waals surface area contributed by atoms with Crippen LogP contribution in [0.5, 0.6) is 0 Å². The molecule has 1 aromatic rings. The van der Waals surface area contributed by atoms with Crippen LogP contribution in [0.2, 0.25) is 0 Å². The molecule has 1 unspecified atom stereocenters. The van der Waals surface area contributed by atoms with Gasteiger partial charge in [-0.3, -0.25) is 0 Å². The highest BCUT2D eigenvalue weighted by Gasteiger charge is 2.31. The van der Waals surface area contributed by atoms with E-state index in [9.17, 15) is 9.90 Å². The van der Waals surface area contributed by atoms with Gasteiger partial charge in [-0.25, -0.2) is 4.79 Å². The Balaban J connectivity index is 2.98. The van der Waals surface area contributed by atoms with Crippen molar-refractivity contribution in [2.45, 2.75) is 18.9 Å². The van der Waals surface area contributed by atoms with Gasteiger partial charge in [-0.2, -0.15) is 0 Å². The van der Waals surface area contributed by atoms with E-state index in [0.29, 0.717) is 5.56 Å². The zero-order valence-corrected chi connectivity index (χ0v) is 8.60. The Bertz CT molecular complexity index is 363. The summed E-state index contributed by atoms with van der Waals surface area (Å²) in [7, 11) is 0. The van der Waals surface area contributed by atoms with Crippen LogP contribution in [0.1, 0.15) is 18.1 Å². The molecule has 3 heteroatoms. The molecule has 0 aliphatic rings. The van der Waals surface area contributed by atoms with E-state index in [-0.39, 0.29) is 0 Å². The van der Waals surface area contributed by atoms with E-state index in [2.05, 4.69) is 6.58 Å². The first-order chi connectivity index (χ1) is 6.98. The minimum atomic E-state index is -1.83. The summed E-state index contributed by atoms with van der Waals surface area (Å²) in [5, 5.41) is 18.5. The van der Waals surface area contributed by atoms with Gasteiger partial charge in [-0.05, 0) is 24.5 Å². The van der Waals surface area contributed by atoms with E-state index in [4.69, 9.17) is 5.11 Å². The monoisotopic (exact) mass is 206 g/mol. The summed E-state index contributed by atoms with van der Waals surface area (Å²) >= 11 is 0. The summed E-state index contributed by atoms with van der Waals surface area (Å²) in [5.74, 6) is -1.25. The SMILES string of the molecule is C=CCc1ccc(C(C)(O)C(=O)O)cc1. The normalized spacial score (nSPS) is 14.3. The topological polar surface area (TPSA) is 57.5 Å². The number of hydrogen-bond donors (Lipinski definition) is 2. The van der Waals surface area contributed by atoms with Crippen molar-refractivity contribution in [1.82, 2.24) is 0 Å². The van der Waals surface area contributed by atoms with Gasteiger partial charge in [0.05, 0.1) is 0 Å². The number of carbonyl (C=O) groups is 1. The number of benzene rings is 1. The minimum absolute atomic E-state index is 0.378. The molecule has 0 aliphatic carbocycles. The van der Waals surface area contributed by atoms with Crippen LogP contribution >= 0.6 is 0 Å². The van der Waals surface area contributed by atoms with Crippen molar-refractivity contribution in [3.63, 3.8) is 0 Å². The van der Waals surface area contributed by atoms with E-state index in [1.807, 2.05) is 0 Å². The first-order valence-corrected chi connectivity index (χ1v) is 4.64. The molecule has 3 nitrogen and oxygen atoms in total. The van der Waals surface area contributed by atoms with E-state index in [1.165, 1.54) is 6.92 Å². The van der Waals surface area contributed by atoms with Gasteiger partial charge in [0, 0.05) is 0 Å². The van der Waals surface area contributed by atoms with Crippen molar-refractivity contribution in [2.75, 3.05) is 0 Å². The molecule has 15 heavy (non-hydrogen) atoms. The molecule has 1 atom stereocenters. The quantitative estimate of drug-likeness (QED) is 0.737. The van der Waals surface area contributed by atoms with Gasteiger partial charge in [0.15, 0.2) is 5.60 Å². The molecule has 80 valence electrons. The Morgan fingerprint density at radius 1 is 1.47 bits per heavy atom. The van der Waals surface area contributed by atoms with Crippen LogP contribution in [0.4, 0.5) is 0 Å². The molecule has 0 fully saturated rings. The fourth-order valence-electron chi connectivity index (χ4n) is 1.26. The van der Waals surface area contributed by atoms with Crippen molar-refractivity contribution >= 4 is 5.97 Å². The van der Waals surface area contributed by atoms with Crippen molar-refractivity contribution in [3.05, 3.63) is 48.0 Å².